The molecule has 0 amide bonds. The third kappa shape index (κ3) is 18.1. The first-order chi connectivity index (χ1) is 18.1. The van der Waals surface area contributed by atoms with Gasteiger partial charge in [-0.15, -0.1) is 0 Å². The second-order valence-electron chi connectivity index (χ2n) is 8.17. The average molecular weight is 573 g/mol. The van der Waals surface area contributed by atoms with E-state index >= 15 is 0 Å². The van der Waals surface area contributed by atoms with Gasteiger partial charge in [-0.05, 0) is 74.7 Å². The fourth-order valence-electron chi connectivity index (χ4n) is 2.91. The first-order valence-electron chi connectivity index (χ1n) is 12.3. The van der Waals surface area contributed by atoms with Crippen LogP contribution in [0.15, 0.2) is 34.6 Å². The number of nitrogens with zero attached hydrogens (tertiary/aromatic N) is 4. The smallest absolute Gasteiger partial charge is 0.215 e. The Kier molecular flexibility index (Phi) is 19.9. The van der Waals surface area contributed by atoms with Crippen LogP contribution in [0.4, 0.5) is 0 Å². The minimum atomic E-state index is -0.513. The van der Waals surface area contributed by atoms with Crippen molar-refractivity contribution < 1.29 is 29.7 Å². The number of hydrogen-bond acceptors (Lipinski definition) is 12. The molecular weight excluding hydrogens is 536 g/mol. The maximum Gasteiger partial charge on any atom is 0.215 e. The highest BCUT2D eigenvalue weighted by Crippen LogP contribution is 2.13. The van der Waals surface area contributed by atoms with Gasteiger partial charge in [-0.3, -0.25) is 20.2 Å². The molecule has 14 heteroatoms. The highest BCUT2D eigenvalue weighted by molar-refractivity contribution is 7.82. The largest absolute Gasteiger partial charge is 0.482 e. The summed E-state index contributed by atoms with van der Waals surface area (Å²) in [5.41, 5.74) is 1.37. The number of nitro groups is 2. The van der Waals surface area contributed by atoms with Crippen molar-refractivity contribution in [3.63, 3.8) is 0 Å². The molecule has 1 aromatic carbocycles. The lowest BCUT2D eigenvalue weighted by Gasteiger charge is -2.08. The predicted octanol–water partition coefficient (Wildman–Crippen LogP) is 5.78. The van der Waals surface area contributed by atoms with E-state index in [1.54, 1.807) is 18.2 Å². The molecule has 38 heavy (non-hydrogen) atoms. The van der Waals surface area contributed by atoms with Gasteiger partial charge >= 0.3 is 0 Å². The third-order valence-electron chi connectivity index (χ3n) is 4.93. The molecule has 0 spiro atoms. The van der Waals surface area contributed by atoms with Crippen molar-refractivity contribution in [1.82, 2.24) is 0 Å². The number of benzene rings is 1. The lowest BCUT2D eigenvalue weighted by atomic mass is 10.1. The normalized spacial score (nSPS) is 11.2. The molecule has 0 aliphatic heterocycles. The Labute approximate surface area is 233 Å². The topological polar surface area (TPSA) is 170 Å². The SMILES string of the molecule is CCCCCOC(=S)C(CCCCCC[N+](=O)[O-])=NO.Cc1cccc(OC(=S)C(CC[N+](=O)[O-])=NO)c1. The summed E-state index contributed by atoms with van der Waals surface area (Å²) in [5, 5.41) is 44.3. The lowest BCUT2D eigenvalue weighted by molar-refractivity contribution is -0.480. The van der Waals surface area contributed by atoms with Crippen molar-refractivity contribution in [2.24, 2.45) is 10.3 Å². The minimum absolute atomic E-state index is 0.0109. The second kappa shape index (κ2) is 21.8. The Balaban J connectivity index is 0.000000724. The molecule has 0 aliphatic rings. The Morgan fingerprint density at radius 1 is 0.895 bits per heavy atom. The van der Waals surface area contributed by atoms with Gasteiger partial charge in [0.1, 0.15) is 17.2 Å². The molecule has 0 saturated carbocycles. The molecule has 0 saturated heterocycles. The summed E-state index contributed by atoms with van der Waals surface area (Å²) in [4.78, 5) is 19.6. The van der Waals surface area contributed by atoms with Crippen molar-refractivity contribution in [3.8, 4) is 5.75 Å². The van der Waals surface area contributed by atoms with Gasteiger partial charge in [0.25, 0.3) is 0 Å². The number of hydrogen-bond donors (Lipinski definition) is 2. The summed E-state index contributed by atoms with van der Waals surface area (Å²) in [7, 11) is 0. The van der Waals surface area contributed by atoms with Crippen LogP contribution in [-0.4, -0.2) is 61.5 Å². The van der Waals surface area contributed by atoms with E-state index < -0.39 is 4.92 Å². The molecule has 0 aromatic heterocycles. The van der Waals surface area contributed by atoms with Gasteiger partial charge < -0.3 is 19.9 Å². The fraction of sp³-hybridized carbons (Fsp3) is 0.583. The van der Waals surface area contributed by atoms with Crippen molar-refractivity contribution in [1.29, 1.82) is 0 Å². The van der Waals surface area contributed by atoms with E-state index in [0.29, 0.717) is 30.9 Å². The van der Waals surface area contributed by atoms with Crippen molar-refractivity contribution in [2.75, 3.05) is 19.7 Å². The molecule has 0 aliphatic carbocycles. The molecular formula is C24H36N4O8S2. The summed E-state index contributed by atoms with van der Waals surface area (Å²) in [6.45, 7) is 4.20. The van der Waals surface area contributed by atoms with Gasteiger partial charge in [0.05, 0.1) is 13.0 Å². The molecule has 1 rings (SSSR count). The summed E-state index contributed by atoms with van der Waals surface area (Å²) in [5.74, 6) is 0.502. The number of unbranched alkanes of at least 4 members (excludes halogenated alkanes) is 5. The van der Waals surface area contributed by atoms with Crippen LogP contribution in [-0.2, 0) is 4.74 Å². The molecule has 2 N–H and O–H groups in total. The van der Waals surface area contributed by atoms with Gasteiger partial charge in [0.15, 0.2) is 0 Å². The van der Waals surface area contributed by atoms with Gasteiger partial charge in [-0.1, -0.05) is 48.6 Å². The van der Waals surface area contributed by atoms with E-state index in [2.05, 4.69) is 17.2 Å². The Morgan fingerprint density at radius 2 is 1.53 bits per heavy atom. The highest BCUT2D eigenvalue weighted by atomic mass is 32.1. The first kappa shape index (κ1) is 34.7. The molecule has 0 fully saturated rings. The van der Waals surface area contributed by atoms with Gasteiger partial charge in [0.2, 0.25) is 23.2 Å². The van der Waals surface area contributed by atoms with E-state index in [-0.39, 0.29) is 40.2 Å². The number of aryl methyl sites for hydroxylation is 1. The van der Waals surface area contributed by atoms with Gasteiger partial charge in [-0.2, -0.15) is 0 Å². The van der Waals surface area contributed by atoms with Crippen molar-refractivity contribution in [2.45, 2.75) is 71.6 Å². The van der Waals surface area contributed by atoms with Crippen LogP contribution in [0.2, 0.25) is 0 Å². The maximum absolute atomic E-state index is 10.2. The van der Waals surface area contributed by atoms with Crippen LogP contribution in [0.1, 0.15) is 70.3 Å². The molecule has 0 radical (unpaired) electrons. The van der Waals surface area contributed by atoms with Crippen LogP contribution in [0.25, 0.3) is 0 Å². The second-order valence-corrected chi connectivity index (χ2v) is 8.91. The summed E-state index contributed by atoms with van der Waals surface area (Å²) in [6.07, 6.45) is 6.62. The molecule has 212 valence electrons. The van der Waals surface area contributed by atoms with E-state index in [1.807, 2.05) is 13.0 Å². The standard InChI is InChI=1S/C13H24N2O4S.C11H12N2O4S/c1-2-3-8-11-19-13(20)12(14-16)9-6-4-5-7-10-15(17)18;1-8-3-2-4-9(7-8)17-11(18)10(12-14)5-6-13(15)16/h16H,2-11H2,1H3;2-4,7,14H,5-6H2,1H3. The molecule has 0 heterocycles. The van der Waals surface area contributed by atoms with Gasteiger partial charge in [0, 0.05) is 16.3 Å². The van der Waals surface area contributed by atoms with Crippen LogP contribution in [0, 0.1) is 27.2 Å². The number of rotatable bonds is 17. The number of ether oxygens (including phenoxy) is 2. The summed E-state index contributed by atoms with van der Waals surface area (Å²) < 4.78 is 10.7. The maximum atomic E-state index is 10.2. The summed E-state index contributed by atoms with van der Waals surface area (Å²) >= 11 is 9.97. The average Bonchev–Trinajstić information content (AvgIpc) is 2.86. The van der Waals surface area contributed by atoms with Crippen LogP contribution >= 0.6 is 24.4 Å². The molecule has 0 atom stereocenters. The van der Waals surface area contributed by atoms with E-state index in [4.69, 9.17) is 44.3 Å². The molecule has 0 bridgehead atoms. The van der Waals surface area contributed by atoms with Crippen LogP contribution < -0.4 is 4.74 Å². The quantitative estimate of drug-likeness (QED) is 0.0582. The summed E-state index contributed by atoms with van der Waals surface area (Å²) in [6, 6.07) is 7.14. The lowest BCUT2D eigenvalue weighted by Crippen LogP contribution is -2.21. The Bertz CT molecular complexity index is 957. The van der Waals surface area contributed by atoms with Gasteiger partial charge in [-0.25, -0.2) is 0 Å². The zero-order chi connectivity index (χ0) is 28.8. The molecule has 12 nitrogen and oxygen atoms in total. The van der Waals surface area contributed by atoms with Crippen molar-refractivity contribution in [3.05, 3.63) is 50.1 Å². The monoisotopic (exact) mass is 572 g/mol. The predicted molar refractivity (Wildman–Crippen MR) is 152 cm³/mol. The highest BCUT2D eigenvalue weighted by Gasteiger charge is 2.14. The fourth-order valence-corrected chi connectivity index (χ4v) is 3.38. The Hall–Kier alpha value is -3.26. The van der Waals surface area contributed by atoms with Crippen LogP contribution in [0.3, 0.4) is 0 Å². The Morgan fingerprint density at radius 3 is 2.11 bits per heavy atom. The molecule has 1 aromatic rings. The van der Waals surface area contributed by atoms with Crippen molar-refractivity contribution >= 4 is 46.0 Å². The first-order valence-corrected chi connectivity index (χ1v) is 13.1. The van der Waals surface area contributed by atoms with E-state index in [1.165, 1.54) is 0 Å². The molecule has 0 unspecified atom stereocenters. The number of oxime groups is 2. The van der Waals surface area contributed by atoms with E-state index in [0.717, 1.165) is 44.1 Å². The minimum Gasteiger partial charge on any atom is -0.482 e. The number of thiocarbonyl (C=S) groups is 2. The van der Waals surface area contributed by atoms with E-state index in [9.17, 15) is 20.2 Å². The third-order valence-corrected chi connectivity index (χ3v) is 5.60. The zero-order valence-corrected chi connectivity index (χ0v) is 23.4. The van der Waals surface area contributed by atoms with Crippen LogP contribution in [0.5, 0.6) is 5.75 Å². The zero-order valence-electron chi connectivity index (χ0n) is 21.7.